The molecule has 0 saturated heterocycles. The molecular formula is C18H29N. The number of pyridine rings is 1. The Balaban J connectivity index is 1.87. The summed E-state index contributed by atoms with van der Waals surface area (Å²) in [6, 6.07) is 6.40. The fraction of sp³-hybridized carbons (Fsp3) is 0.722. The van der Waals surface area contributed by atoms with Crippen molar-refractivity contribution >= 4 is 0 Å². The second-order valence-electron chi connectivity index (χ2n) is 6.06. The van der Waals surface area contributed by atoms with Gasteiger partial charge in [-0.3, -0.25) is 4.98 Å². The predicted molar refractivity (Wildman–Crippen MR) is 82.4 cm³/mol. The number of hydrogen-bond donors (Lipinski definition) is 0. The molecule has 0 spiro atoms. The van der Waals surface area contributed by atoms with Crippen molar-refractivity contribution in [1.29, 1.82) is 0 Å². The van der Waals surface area contributed by atoms with E-state index in [0.717, 1.165) is 0 Å². The quantitative estimate of drug-likeness (QED) is 0.615. The molecule has 1 fully saturated rings. The highest BCUT2D eigenvalue weighted by molar-refractivity contribution is 5.09. The lowest BCUT2D eigenvalue weighted by Gasteiger charge is -2.16. The molecule has 0 aromatic carbocycles. The zero-order valence-electron chi connectivity index (χ0n) is 12.3. The lowest BCUT2D eigenvalue weighted by Crippen LogP contribution is -2.02. The first-order valence-corrected chi connectivity index (χ1v) is 8.38. The average Bonchev–Trinajstić information content (AvgIpc) is 2.49. The first-order chi connectivity index (χ1) is 9.47. The minimum absolute atomic E-state index is 0.710. The van der Waals surface area contributed by atoms with Gasteiger partial charge < -0.3 is 0 Å². The minimum Gasteiger partial charge on any atom is -0.261 e. The van der Waals surface area contributed by atoms with Gasteiger partial charge in [-0.25, -0.2) is 0 Å². The normalized spacial score (nSPS) is 21.1. The lowest BCUT2D eigenvalue weighted by atomic mass is 9.91. The minimum atomic E-state index is 0.710. The molecular weight excluding hydrogens is 230 g/mol. The molecule has 0 amide bonds. The number of hydrogen-bond acceptors (Lipinski definition) is 1. The Kier molecular flexibility index (Phi) is 6.99. The monoisotopic (exact) mass is 259 g/mol. The molecule has 1 nitrogen and oxygen atoms in total. The van der Waals surface area contributed by atoms with Crippen LogP contribution in [0.1, 0.15) is 88.7 Å². The van der Waals surface area contributed by atoms with Crippen LogP contribution in [0.5, 0.6) is 0 Å². The van der Waals surface area contributed by atoms with Crippen molar-refractivity contribution < 1.29 is 0 Å². The maximum Gasteiger partial charge on any atom is 0.0434 e. The Morgan fingerprint density at radius 3 is 1.68 bits per heavy atom. The third kappa shape index (κ3) is 5.76. The molecule has 1 aromatic heterocycles. The van der Waals surface area contributed by atoms with Gasteiger partial charge in [0, 0.05) is 17.8 Å². The van der Waals surface area contributed by atoms with Gasteiger partial charge >= 0.3 is 0 Å². The summed E-state index contributed by atoms with van der Waals surface area (Å²) in [6.45, 7) is 0. The Bertz CT molecular complexity index is 306. The molecule has 19 heavy (non-hydrogen) atoms. The molecule has 1 aromatic rings. The second-order valence-corrected chi connectivity index (χ2v) is 6.06. The Labute approximate surface area is 118 Å². The van der Waals surface area contributed by atoms with E-state index in [0.29, 0.717) is 5.92 Å². The average molecular weight is 259 g/mol. The van der Waals surface area contributed by atoms with Crippen LogP contribution < -0.4 is 0 Å². The van der Waals surface area contributed by atoms with Crippen molar-refractivity contribution in [2.45, 2.75) is 83.0 Å². The third-order valence-electron chi connectivity index (χ3n) is 4.46. The topological polar surface area (TPSA) is 12.9 Å². The van der Waals surface area contributed by atoms with E-state index in [2.05, 4.69) is 17.1 Å². The maximum atomic E-state index is 4.59. The molecule has 0 atom stereocenters. The summed E-state index contributed by atoms with van der Waals surface area (Å²) in [5.74, 6) is 0.710. The molecule has 106 valence electrons. The van der Waals surface area contributed by atoms with Gasteiger partial charge in [0.05, 0.1) is 0 Å². The van der Waals surface area contributed by atoms with Gasteiger partial charge in [-0.15, -0.1) is 0 Å². The summed E-state index contributed by atoms with van der Waals surface area (Å²) < 4.78 is 0. The summed E-state index contributed by atoms with van der Waals surface area (Å²) in [7, 11) is 0. The van der Waals surface area contributed by atoms with Gasteiger partial charge in [-0.2, -0.15) is 0 Å². The van der Waals surface area contributed by atoms with E-state index in [-0.39, 0.29) is 0 Å². The summed E-state index contributed by atoms with van der Waals surface area (Å²) in [6.07, 6.45) is 19.0. The van der Waals surface area contributed by atoms with Crippen LogP contribution in [0, 0.1) is 0 Å². The SMILES string of the molecule is c1ccc(C2CCCCCCCCCCCC2)nc1. The molecule has 0 N–H and O–H groups in total. The van der Waals surface area contributed by atoms with E-state index in [1.807, 2.05) is 12.3 Å². The molecule has 1 saturated carbocycles. The van der Waals surface area contributed by atoms with Crippen LogP contribution in [0.3, 0.4) is 0 Å². The first kappa shape index (κ1) is 14.6. The zero-order valence-corrected chi connectivity index (χ0v) is 12.3. The van der Waals surface area contributed by atoms with Crippen LogP contribution in [-0.4, -0.2) is 4.98 Å². The highest BCUT2D eigenvalue weighted by atomic mass is 14.7. The van der Waals surface area contributed by atoms with E-state index >= 15 is 0 Å². The number of aromatic nitrogens is 1. The van der Waals surface area contributed by atoms with Crippen molar-refractivity contribution in [3.63, 3.8) is 0 Å². The zero-order chi connectivity index (χ0) is 13.2. The third-order valence-corrected chi connectivity index (χ3v) is 4.46. The molecule has 0 unspecified atom stereocenters. The standard InChI is InChI=1S/C18H29N/c1-2-4-6-8-10-14-17(13-9-7-5-3-1)18-15-11-12-16-19-18/h11-12,15-17H,1-10,13-14H2. The van der Waals surface area contributed by atoms with Crippen LogP contribution in [0.4, 0.5) is 0 Å². The van der Waals surface area contributed by atoms with Crippen molar-refractivity contribution in [1.82, 2.24) is 4.98 Å². The molecule has 1 heteroatoms. The van der Waals surface area contributed by atoms with Gasteiger partial charge in [0.25, 0.3) is 0 Å². The largest absolute Gasteiger partial charge is 0.261 e. The number of nitrogens with zero attached hydrogens (tertiary/aromatic N) is 1. The Morgan fingerprint density at radius 2 is 1.21 bits per heavy atom. The van der Waals surface area contributed by atoms with E-state index < -0.39 is 0 Å². The first-order valence-electron chi connectivity index (χ1n) is 8.38. The number of rotatable bonds is 1. The van der Waals surface area contributed by atoms with Crippen molar-refractivity contribution in [2.75, 3.05) is 0 Å². The fourth-order valence-electron chi connectivity index (χ4n) is 3.25. The van der Waals surface area contributed by atoms with Crippen molar-refractivity contribution in [2.24, 2.45) is 0 Å². The lowest BCUT2D eigenvalue weighted by molar-refractivity contribution is 0.493. The van der Waals surface area contributed by atoms with Crippen LogP contribution in [0.15, 0.2) is 24.4 Å². The second kappa shape index (κ2) is 9.12. The molecule has 0 aliphatic heterocycles. The van der Waals surface area contributed by atoms with Crippen LogP contribution >= 0.6 is 0 Å². The van der Waals surface area contributed by atoms with Crippen molar-refractivity contribution in [3.8, 4) is 0 Å². The summed E-state index contributed by atoms with van der Waals surface area (Å²) in [4.78, 5) is 4.59. The molecule has 1 aliphatic rings. The highest BCUT2D eigenvalue weighted by Crippen LogP contribution is 2.27. The van der Waals surface area contributed by atoms with Crippen LogP contribution in [-0.2, 0) is 0 Å². The van der Waals surface area contributed by atoms with E-state index in [1.54, 1.807) is 0 Å². The summed E-state index contributed by atoms with van der Waals surface area (Å²) in [5.41, 5.74) is 1.33. The molecule has 0 bridgehead atoms. The summed E-state index contributed by atoms with van der Waals surface area (Å²) in [5, 5.41) is 0. The van der Waals surface area contributed by atoms with E-state index in [4.69, 9.17) is 0 Å². The van der Waals surface area contributed by atoms with Crippen molar-refractivity contribution in [3.05, 3.63) is 30.1 Å². The fourth-order valence-corrected chi connectivity index (χ4v) is 3.25. The molecule has 1 aliphatic carbocycles. The summed E-state index contributed by atoms with van der Waals surface area (Å²) >= 11 is 0. The van der Waals surface area contributed by atoms with Gasteiger partial charge in [-0.1, -0.05) is 70.3 Å². The van der Waals surface area contributed by atoms with E-state index in [1.165, 1.54) is 82.7 Å². The van der Waals surface area contributed by atoms with E-state index in [9.17, 15) is 0 Å². The van der Waals surface area contributed by atoms with Gasteiger partial charge in [0.15, 0.2) is 0 Å². The molecule has 0 radical (unpaired) electrons. The smallest absolute Gasteiger partial charge is 0.0434 e. The highest BCUT2D eigenvalue weighted by Gasteiger charge is 2.12. The van der Waals surface area contributed by atoms with Gasteiger partial charge in [-0.05, 0) is 25.0 Å². The van der Waals surface area contributed by atoms with Gasteiger partial charge in [0.1, 0.15) is 0 Å². The predicted octanol–water partition coefficient (Wildman–Crippen LogP) is 5.86. The Morgan fingerprint density at radius 1 is 0.684 bits per heavy atom. The van der Waals surface area contributed by atoms with Crippen LogP contribution in [0.25, 0.3) is 0 Å². The Hall–Kier alpha value is -0.850. The molecule has 1 heterocycles. The van der Waals surface area contributed by atoms with Gasteiger partial charge in [0.2, 0.25) is 0 Å². The molecule has 2 rings (SSSR count). The van der Waals surface area contributed by atoms with Crippen LogP contribution in [0.2, 0.25) is 0 Å². The maximum absolute atomic E-state index is 4.59.